The molecule has 2 aliphatic heterocycles. The number of likely N-dealkylation sites (tertiary alicyclic amines) is 1. The first-order chi connectivity index (χ1) is 9.22. The number of imide groups is 2. The maximum absolute atomic E-state index is 11.9. The first-order valence-electron chi connectivity index (χ1n) is 6.38. The van der Waals surface area contributed by atoms with Gasteiger partial charge in [-0.3, -0.25) is 24.2 Å². The smallest absolute Gasteiger partial charge is 0.325 e. The van der Waals surface area contributed by atoms with Gasteiger partial charge in [-0.15, -0.1) is 0 Å². The SMILES string of the molecule is CC1(C)NC(=O)N(C[C@@H](O)CN2C(=O)CCC2=O)C1=O. The Bertz CT molecular complexity index is 471. The van der Waals surface area contributed by atoms with Crippen molar-refractivity contribution in [1.29, 1.82) is 0 Å². The Labute approximate surface area is 115 Å². The topological polar surface area (TPSA) is 107 Å². The summed E-state index contributed by atoms with van der Waals surface area (Å²) in [5.41, 5.74) is -1.00. The molecule has 5 amide bonds. The third-order valence-corrected chi connectivity index (χ3v) is 3.39. The number of nitrogens with zero attached hydrogens (tertiary/aromatic N) is 2. The van der Waals surface area contributed by atoms with Gasteiger partial charge in [0.15, 0.2) is 0 Å². The maximum Gasteiger partial charge on any atom is 0.325 e. The minimum Gasteiger partial charge on any atom is -0.389 e. The van der Waals surface area contributed by atoms with Gasteiger partial charge in [-0.2, -0.15) is 0 Å². The predicted octanol–water partition coefficient (Wildman–Crippen LogP) is -1.17. The number of aliphatic hydroxyl groups excluding tert-OH is 1. The molecule has 0 aromatic carbocycles. The molecule has 1 atom stereocenters. The summed E-state index contributed by atoms with van der Waals surface area (Å²) in [7, 11) is 0. The first kappa shape index (κ1) is 14.4. The maximum atomic E-state index is 11.9. The Morgan fingerprint density at radius 3 is 2.05 bits per heavy atom. The number of hydrogen-bond acceptors (Lipinski definition) is 5. The molecule has 2 N–H and O–H groups in total. The van der Waals surface area contributed by atoms with Gasteiger partial charge in [0.2, 0.25) is 11.8 Å². The Morgan fingerprint density at radius 1 is 1.10 bits per heavy atom. The minimum absolute atomic E-state index is 0.141. The molecule has 0 aromatic heterocycles. The van der Waals surface area contributed by atoms with Crippen molar-refractivity contribution in [3.05, 3.63) is 0 Å². The van der Waals surface area contributed by atoms with Crippen LogP contribution in [0.1, 0.15) is 26.7 Å². The highest BCUT2D eigenvalue weighted by atomic mass is 16.3. The number of nitrogens with one attached hydrogen (secondary N) is 1. The normalized spacial score (nSPS) is 23.6. The average Bonchev–Trinajstić information content (AvgIpc) is 2.74. The molecule has 2 saturated heterocycles. The molecule has 0 aliphatic carbocycles. The lowest BCUT2D eigenvalue weighted by molar-refractivity contribution is -0.140. The van der Waals surface area contributed by atoms with Gasteiger partial charge in [-0.1, -0.05) is 0 Å². The molecule has 20 heavy (non-hydrogen) atoms. The molecule has 0 spiro atoms. The summed E-state index contributed by atoms with van der Waals surface area (Å²) in [6, 6.07) is -0.585. The molecule has 0 unspecified atom stereocenters. The van der Waals surface area contributed by atoms with E-state index in [1.165, 1.54) is 0 Å². The van der Waals surface area contributed by atoms with Crippen molar-refractivity contribution < 1.29 is 24.3 Å². The van der Waals surface area contributed by atoms with Crippen molar-refractivity contribution in [1.82, 2.24) is 15.1 Å². The summed E-state index contributed by atoms with van der Waals surface area (Å²) in [5, 5.41) is 12.4. The number of hydrogen-bond donors (Lipinski definition) is 2. The number of carbonyl (C=O) groups excluding carboxylic acids is 4. The van der Waals surface area contributed by atoms with Gasteiger partial charge < -0.3 is 10.4 Å². The third-order valence-electron chi connectivity index (χ3n) is 3.39. The van der Waals surface area contributed by atoms with Crippen LogP contribution in [0.5, 0.6) is 0 Å². The number of rotatable bonds is 4. The van der Waals surface area contributed by atoms with Crippen LogP contribution in [-0.2, 0) is 14.4 Å². The number of β-amino-alcohol motifs (C(OH)–C–C–N with tert-alkyl or cyclic N) is 1. The fourth-order valence-electron chi connectivity index (χ4n) is 2.29. The molecule has 2 heterocycles. The van der Waals surface area contributed by atoms with Gasteiger partial charge in [0.25, 0.3) is 5.91 Å². The predicted molar refractivity (Wildman–Crippen MR) is 66.3 cm³/mol. The van der Waals surface area contributed by atoms with Gasteiger partial charge in [0, 0.05) is 12.8 Å². The summed E-state index contributed by atoms with van der Waals surface area (Å²) in [4.78, 5) is 48.3. The highest BCUT2D eigenvalue weighted by molar-refractivity contribution is 6.06. The molecular weight excluding hydrogens is 266 g/mol. The van der Waals surface area contributed by atoms with Crippen LogP contribution in [-0.4, -0.2) is 63.4 Å². The summed E-state index contributed by atoms with van der Waals surface area (Å²) in [5.74, 6) is -1.13. The Balaban J connectivity index is 1.97. The fourth-order valence-corrected chi connectivity index (χ4v) is 2.29. The molecule has 8 nitrogen and oxygen atoms in total. The third kappa shape index (κ3) is 2.51. The van der Waals surface area contributed by atoms with Gasteiger partial charge in [-0.05, 0) is 13.8 Å². The lowest BCUT2D eigenvalue weighted by Crippen LogP contribution is -2.45. The summed E-state index contributed by atoms with van der Waals surface area (Å²) < 4.78 is 0. The van der Waals surface area contributed by atoms with Crippen LogP contribution in [0.2, 0.25) is 0 Å². The Kier molecular flexibility index (Phi) is 3.51. The molecule has 2 rings (SSSR count). The van der Waals surface area contributed by atoms with Crippen molar-refractivity contribution in [3.63, 3.8) is 0 Å². The van der Waals surface area contributed by atoms with E-state index in [-0.39, 0.29) is 37.7 Å². The highest BCUT2D eigenvalue weighted by Crippen LogP contribution is 2.18. The van der Waals surface area contributed by atoms with Crippen LogP contribution in [0, 0.1) is 0 Å². The van der Waals surface area contributed by atoms with E-state index in [4.69, 9.17) is 0 Å². The molecule has 0 aromatic rings. The van der Waals surface area contributed by atoms with Crippen molar-refractivity contribution in [2.24, 2.45) is 0 Å². The van der Waals surface area contributed by atoms with E-state index in [0.717, 1.165) is 9.80 Å². The van der Waals surface area contributed by atoms with E-state index in [9.17, 15) is 24.3 Å². The number of amides is 5. The Hall–Kier alpha value is -1.96. The van der Waals surface area contributed by atoms with E-state index in [0.29, 0.717) is 0 Å². The Morgan fingerprint density at radius 2 is 1.60 bits per heavy atom. The zero-order chi connectivity index (χ0) is 15.1. The van der Waals surface area contributed by atoms with Crippen LogP contribution < -0.4 is 5.32 Å². The molecule has 0 saturated carbocycles. The van der Waals surface area contributed by atoms with Crippen LogP contribution in [0.25, 0.3) is 0 Å². The molecule has 0 radical (unpaired) electrons. The quantitative estimate of drug-likeness (QED) is 0.499. The molecule has 110 valence electrons. The van der Waals surface area contributed by atoms with E-state index < -0.39 is 23.6 Å². The molecule has 0 bridgehead atoms. The van der Waals surface area contributed by atoms with E-state index >= 15 is 0 Å². The zero-order valence-electron chi connectivity index (χ0n) is 11.4. The van der Waals surface area contributed by atoms with Gasteiger partial charge in [0.05, 0.1) is 19.2 Å². The van der Waals surface area contributed by atoms with Crippen molar-refractivity contribution in [2.45, 2.75) is 38.3 Å². The second-order valence-corrected chi connectivity index (χ2v) is 5.52. The second-order valence-electron chi connectivity index (χ2n) is 5.52. The van der Waals surface area contributed by atoms with Crippen LogP contribution in [0.15, 0.2) is 0 Å². The number of aliphatic hydroxyl groups is 1. The standard InChI is InChI=1S/C12H17N3O5/c1-12(2)10(19)15(11(20)13-12)6-7(16)5-14-8(17)3-4-9(14)18/h7,16H,3-6H2,1-2H3,(H,13,20)/t7-/m0/s1. The monoisotopic (exact) mass is 283 g/mol. The lowest BCUT2D eigenvalue weighted by atomic mass is 10.1. The van der Waals surface area contributed by atoms with Gasteiger partial charge >= 0.3 is 6.03 Å². The van der Waals surface area contributed by atoms with Crippen molar-refractivity contribution >= 4 is 23.8 Å². The van der Waals surface area contributed by atoms with Crippen molar-refractivity contribution in [2.75, 3.05) is 13.1 Å². The van der Waals surface area contributed by atoms with Crippen LogP contribution >= 0.6 is 0 Å². The van der Waals surface area contributed by atoms with Gasteiger partial charge in [0.1, 0.15) is 5.54 Å². The number of urea groups is 1. The summed E-state index contributed by atoms with van der Waals surface area (Å²) in [6.45, 7) is 2.68. The highest BCUT2D eigenvalue weighted by Gasteiger charge is 2.45. The lowest BCUT2D eigenvalue weighted by Gasteiger charge is -2.22. The van der Waals surface area contributed by atoms with Gasteiger partial charge in [-0.25, -0.2) is 4.79 Å². The molecule has 2 aliphatic rings. The van der Waals surface area contributed by atoms with Crippen LogP contribution in [0.4, 0.5) is 4.79 Å². The fraction of sp³-hybridized carbons (Fsp3) is 0.667. The van der Waals surface area contributed by atoms with E-state index in [1.807, 2.05) is 0 Å². The van der Waals surface area contributed by atoms with Crippen LogP contribution in [0.3, 0.4) is 0 Å². The molecular formula is C12H17N3O5. The number of carbonyl (C=O) groups is 4. The first-order valence-corrected chi connectivity index (χ1v) is 6.38. The van der Waals surface area contributed by atoms with Crippen molar-refractivity contribution in [3.8, 4) is 0 Å². The van der Waals surface area contributed by atoms with E-state index in [1.54, 1.807) is 13.8 Å². The second kappa shape index (κ2) is 4.86. The minimum atomic E-state index is -1.15. The summed E-state index contributed by atoms with van der Waals surface area (Å²) in [6.07, 6.45) is -0.867. The molecule has 8 heteroatoms. The average molecular weight is 283 g/mol. The van der Waals surface area contributed by atoms with E-state index in [2.05, 4.69) is 5.32 Å². The molecule has 2 fully saturated rings. The summed E-state index contributed by atoms with van der Waals surface area (Å²) >= 11 is 0. The zero-order valence-corrected chi connectivity index (χ0v) is 11.4. The largest absolute Gasteiger partial charge is 0.389 e.